The number of likely N-dealkylation sites (tertiary alicyclic amines) is 1. The van der Waals surface area contributed by atoms with Crippen molar-refractivity contribution in [2.24, 2.45) is 11.8 Å². The summed E-state index contributed by atoms with van der Waals surface area (Å²) in [6.45, 7) is 9.49. The molecule has 0 saturated carbocycles. The zero-order valence-electron chi connectivity index (χ0n) is 15.8. The highest BCUT2D eigenvalue weighted by molar-refractivity contribution is 5.76. The van der Waals surface area contributed by atoms with Crippen LogP contribution in [0.15, 0.2) is 24.3 Å². The third-order valence-electron chi connectivity index (χ3n) is 5.69. The molecule has 25 heavy (non-hydrogen) atoms. The van der Waals surface area contributed by atoms with Gasteiger partial charge in [-0.1, -0.05) is 13.8 Å². The van der Waals surface area contributed by atoms with Gasteiger partial charge in [0.05, 0.1) is 0 Å². The van der Waals surface area contributed by atoms with Crippen LogP contribution in [0.2, 0.25) is 0 Å². The molecule has 0 radical (unpaired) electrons. The highest BCUT2D eigenvalue weighted by Gasteiger charge is 2.20. The van der Waals surface area contributed by atoms with Gasteiger partial charge in [0, 0.05) is 50.5 Å². The minimum Gasteiger partial charge on any atom is -0.385 e. The summed E-state index contributed by atoms with van der Waals surface area (Å²) in [6.07, 6.45) is 5.56. The first-order chi connectivity index (χ1) is 12.1. The Morgan fingerprint density at radius 2 is 1.76 bits per heavy atom. The number of benzene rings is 1. The quantitative estimate of drug-likeness (QED) is 0.878. The van der Waals surface area contributed by atoms with E-state index in [2.05, 4.69) is 48.3 Å². The maximum Gasteiger partial charge on any atom is 0.224 e. The Balaban J connectivity index is 1.42. The molecule has 0 spiro atoms. The number of rotatable bonds is 5. The molecule has 1 amide bonds. The van der Waals surface area contributed by atoms with E-state index < -0.39 is 0 Å². The van der Waals surface area contributed by atoms with Gasteiger partial charge in [0.25, 0.3) is 0 Å². The molecule has 0 bridgehead atoms. The van der Waals surface area contributed by atoms with Crippen molar-refractivity contribution in [1.29, 1.82) is 0 Å². The van der Waals surface area contributed by atoms with Gasteiger partial charge in [0.1, 0.15) is 0 Å². The fourth-order valence-corrected chi connectivity index (χ4v) is 3.94. The molecule has 2 heterocycles. The van der Waals surface area contributed by atoms with Crippen LogP contribution < -0.4 is 10.2 Å². The normalized spacial score (nSPS) is 22.1. The summed E-state index contributed by atoms with van der Waals surface area (Å²) < 4.78 is 0. The molecule has 138 valence electrons. The summed E-state index contributed by atoms with van der Waals surface area (Å²) in [5.41, 5.74) is 2.42. The van der Waals surface area contributed by atoms with Crippen molar-refractivity contribution in [3.63, 3.8) is 0 Å². The van der Waals surface area contributed by atoms with E-state index in [9.17, 15) is 4.79 Å². The average molecular weight is 344 g/mol. The van der Waals surface area contributed by atoms with Crippen molar-refractivity contribution in [2.75, 3.05) is 42.9 Å². The Morgan fingerprint density at radius 1 is 1.04 bits per heavy atom. The average Bonchev–Trinajstić information content (AvgIpc) is 2.63. The minimum absolute atomic E-state index is 0.290. The first kappa shape index (κ1) is 18.1. The van der Waals surface area contributed by atoms with Gasteiger partial charge in [-0.15, -0.1) is 0 Å². The van der Waals surface area contributed by atoms with Crippen LogP contribution in [0.4, 0.5) is 11.4 Å². The Labute approximate surface area is 152 Å². The lowest BCUT2D eigenvalue weighted by molar-refractivity contribution is -0.132. The van der Waals surface area contributed by atoms with Crippen LogP contribution in [0.5, 0.6) is 0 Å². The first-order valence-corrected chi connectivity index (χ1v) is 9.98. The molecule has 1 atom stereocenters. The van der Waals surface area contributed by atoms with Gasteiger partial charge >= 0.3 is 0 Å². The van der Waals surface area contributed by atoms with Gasteiger partial charge in [0.15, 0.2) is 0 Å². The lowest BCUT2D eigenvalue weighted by Crippen LogP contribution is -2.39. The van der Waals surface area contributed by atoms with Crippen molar-refractivity contribution in [3.8, 4) is 0 Å². The van der Waals surface area contributed by atoms with Crippen molar-refractivity contribution in [2.45, 2.75) is 46.0 Å². The molecule has 4 heteroatoms. The van der Waals surface area contributed by atoms with Crippen molar-refractivity contribution >= 4 is 17.3 Å². The van der Waals surface area contributed by atoms with E-state index in [1.807, 2.05) is 4.90 Å². The largest absolute Gasteiger partial charge is 0.385 e. The highest BCUT2D eigenvalue weighted by atomic mass is 16.2. The van der Waals surface area contributed by atoms with Crippen molar-refractivity contribution < 1.29 is 4.79 Å². The molecular weight excluding hydrogens is 310 g/mol. The maximum absolute atomic E-state index is 12.3. The number of carbonyl (C=O) groups is 1. The molecule has 1 aromatic rings. The van der Waals surface area contributed by atoms with Crippen LogP contribution in [-0.2, 0) is 4.79 Å². The number of amides is 1. The Morgan fingerprint density at radius 3 is 2.44 bits per heavy atom. The molecule has 1 N–H and O–H groups in total. The van der Waals surface area contributed by atoms with E-state index in [0.29, 0.717) is 18.9 Å². The summed E-state index contributed by atoms with van der Waals surface area (Å²) in [5, 5.41) is 3.40. The molecule has 2 aliphatic heterocycles. The van der Waals surface area contributed by atoms with Crippen LogP contribution in [0.1, 0.15) is 46.0 Å². The smallest absolute Gasteiger partial charge is 0.224 e. The van der Waals surface area contributed by atoms with Crippen molar-refractivity contribution in [1.82, 2.24) is 4.90 Å². The maximum atomic E-state index is 12.3. The number of nitrogens with one attached hydrogen (secondary N) is 1. The summed E-state index contributed by atoms with van der Waals surface area (Å²) in [6, 6.07) is 8.68. The molecule has 2 aliphatic rings. The van der Waals surface area contributed by atoms with E-state index in [1.165, 1.54) is 24.9 Å². The Bertz CT molecular complexity index is 549. The molecule has 2 fully saturated rings. The highest BCUT2D eigenvalue weighted by Crippen LogP contribution is 2.24. The summed E-state index contributed by atoms with van der Waals surface area (Å²) in [7, 11) is 0. The molecule has 1 unspecified atom stereocenters. The molecule has 4 nitrogen and oxygen atoms in total. The summed E-state index contributed by atoms with van der Waals surface area (Å²) in [4.78, 5) is 16.8. The number of hydrogen-bond donors (Lipinski definition) is 1. The number of nitrogens with zero attached hydrogens (tertiary/aromatic N) is 2. The Hall–Kier alpha value is -1.71. The van der Waals surface area contributed by atoms with E-state index in [-0.39, 0.29) is 5.91 Å². The van der Waals surface area contributed by atoms with Crippen molar-refractivity contribution in [3.05, 3.63) is 24.3 Å². The lowest BCUT2D eigenvalue weighted by Gasteiger charge is -2.32. The van der Waals surface area contributed by atoms with Crippen LogP contribution in [-0.4, -0.2) is 43.5 Å². The molecular formula is C21H33N3O. The van der Waals surface area contributed by atoms with Crippen LogP contribution >= 0.6 is 0 Å². The molecule has 3 rings (SSSR count). The number of piperidine rings is 2. The Kier molecular flexibility index (Phi) is 6.22. The third-order valence-corrected chi connectivity index (χ3v) is 5.69. The van der Waals surface area contributed by atoms with Crippen LogP contribution in [0, 0.1) is 11.8 Å². The fourth-order valence-electron chi connectivity index (χ4n) is 3.94. The van der Waals surface area contributed by atoms with E-state index in [1.54, 1.807) is 0 Å². The van der Waals surface area contributed by atoms with Gasteiger partial charge in [-0.25, -0.2) is 0 Å². The van der Waals surface area contributed by atoms with E-state index in [4.69, 9.17) is 0 Å². The second kappa shape index (κ2) is 8.59. The zero-order chi connectivity index (χ0) is 17.6. The van der Waals surface area contributed by atoms with Gasteiger partial charge < -0.3 is 15.1 Å². The number of carbonyl (C=O) groups excluding carboxylic acids is 1. The third kappa shape index (κ3) is 5.13. The van der Waals surface area contributed by atoms with E-state index in [0.717, 1.165) is 44.2 Å². The topological polar surface area (TPSA) is 35.6 Å². The lowest BCUT2D eigenvalue weighted by atomic mass is 9.99. The van der Waals surface area contributed by atoms with Gasteiger partial charge in [-0.05, 0) is 61.8 Å². The van der Waals surface area contributed by atoms with Gasteiger partial charge in [-0.2, -0.15) is 0 Å². The summed E-state index contributed by atoms with van der Waals surface area (Å²) in [5.74, 6) is 1.80. The standard InChI is InChI=1S/C21H33N3O/c1-17-10-14-23(15-11-17)20-7-5-19(6-8-20)22-12-9-21(25)24-13-3-4-18(2)16-24/h5-8,17-18,22H,3-4,9-16H2,1-2H3. The summed E-state index contributed by atoms with van der Waals surface area (Å²) >= 11 is 0. The van der Waals surface area contributed by atoms with Crippen LogP contribution in [0.3, 0.4) is 0 Å². The monoisotopic (exact) mass is 343 g/mol. The SMILES string of the molecule is CC1CCN(c2ccc(NCCC(=O)N3CCCC(C)C3)cc2)CC1. The van der Waals surface area contributed by atoms with Crippen LogP contribution in [0.25, 0.3) is 0 Å². The second-order valence-electron chi connectivity index (χ2n) is 7.98. The first-order valence-electron chi connectivity index (χ1n) is 9.98. The fraction of sp³-hybridized carbons (Fsp3) is 0.667. The number of hydrogen-bond acceptors (Lipinski definition) is 3. The molecule has 2 saturated heterocycles. The van der Waals surface area contributed by atoms with E-state index >= 15 is 0 Å². The number of anilines is 2. The van der Waals surface area contributed by atoms with Gasteiger partial charge in [-0.3, -0.25) is 4.79 Å². The zero-order valence-corrected chi connectivity index (χ0v) is 15.8. The molecule has 1 aromatic carbocycles. The minimum atomic E-state index is 0.290. The second-order valence-corrected chi connectivity index (χ2v) is 7.98. The predicted molar refractivity (Wildman–Crippen MR) is 105 cm³/mol. The predicted octanol–water partition coefficient (Wildman–Crippen LogP) is 3.98. The van der Waals surface area contributed by atoms with Gasteiger partial charge in [0.2, 0.25) is 5.91 Å². The molecule has 0 aromatic heterocycles. The molecule has 0 aliphatic carbocycles.